The highest BCUT2D eigenvalue weighted by Crippen LogP contribution is 2.52. The van der Waals surface area contributed by atoms with Gasteiger partial charge in [-0.15, -0.1) is 0 Å². The van der Waals surface area contributed by atoms with Gasteiger partial charge in [0.25, 0.3) is 0 Å². The van der Waals surface area contributed by atoms with Gasteiger partial charge in [0.05, 0.1) is 20.3 Å². The molecule has 0 aromatic heterocycles. The van der Waals surface area contributed by atoms with E-state index in [2.05, 4.69) is 10.6 Å². The van der Waals surface area contributed by atoms with Crippen molar-refractivity contribution in [1.82, 2.24) is 5.32 Å². The fourth-order valence-corrected chi connectivity index (χ4v) is 5.43. The van der Waals surface area contributed by atoms with Crippen molar-refractivity contribution in [2.24, 2.45) is 5.92 Å². The second-order valence-corrected chi connectivity index (χ2v) is 9.30. The Hall–Kier alpha value is -3.49. The molecule has 5 rings (SSSR count). The number of thiocarbonyl (C=S) groups is 1. The molecular weight excluding hydrogens is 486 g/mol. The molecule has 180 valence electrons. The van der Waals surface area contributed by atoms with Crippen molar-refractivity contribution >= 4 is 46.2 Å². The fourth-order valence-electron chi connectivity index (χ4n) is 4.83. The van der Waals surface area contributed by atoms with Crippen LogP contribution in [0.2, 0.25) is 5.02 Å². The van der Waals surface area contributed by atoms with Crippen LogP contribution in [0.5, 0.6) is 17.2 Å². The van der Waals surface area contributed by atoms with E-state index in [1.54, 1.807) is 55.5 Å². The Bertz CT molecular complexity index is 1300. The molecule has 1 fully saturated rings. The number of ether oxygens (including phenoxy) is 3. The summed E-state index contributed by atoms with van der Waals surface area (Å²) in [6.45, 7) is 1.86. The molecule has 0 saturated carbocycles. The van der Waals surface area contributed by atoms with Crippen LogP contribution in [0.3, 0.4) is 0 Å². The van der Waals surface area contributed by atoms with Crippen LogP contribution in [-0.2, 0) is 4.79 Å². The highest BCUT2D eigenvalue weighted by molar-refractivity contribution is 7.80. The Kier molecular flexibility index (Phi) is 5.94. The number of para-hydroxylation sites is 1. The van der Waals surface area contributed by atoms with Crippen LogP contribution < -0.4 is 29.7 Å². The van der Waals surface area contributed by atoms with Gasteiger partial charge in [0.1, 0.15) is 11.7 Å². The van der Waals surface area contributed by atoms with E-state index < -0.39 is 17.7 Å². The SMILES string of the molecule is COc1ccc(NC(=O)[C@H]2[C@@H]3NC(=S)N(c4cccc(Cl)c4)[C@@]2(C)Oc2c(OC)cccc23)cc1. The van der Waals surface area contributed by atoms with Crippen LogP contribution in [0.25, 0.3) is 0 Å². The summed E-state index contributed by atoms with van der Waals surface area (Å²) in [5.41, 5.74) is 0.961. The fraction of sp³-hybridized carbons (Fsp3) is 0.231. The van der Waals surface area contributed by atoms with Crippen molar-refractivity contribution in [2.45, 2.75) is 18.7 Å². The second kappa shape index (κ2) is 8.94. The Labute approximate surface area is 213 Å². The first-order valence-corrected chi connectivity index (χ1v) is 11.8. The lowest BCUT2D eigenvalue weighted by molar-refractivity contribution is -0.130. The number of carbonyl (C=O) groups is 1. The van der Waals surface area contributed by atoms with Gasteiger partial charge in [0, 0.05) is 22.0 Å². The van der Waals surface area contributed by atoms with Gasteiger partial charge >= 0.3 is 0 Å². The largest absolute Gasteiger partial charge is 0.497 e. The molecule has 1 amide bonds. The molecule has 1 saturated heterocycles. The van der Waals surface area contributed by atoms with E-state index in [1.807, 2.05) is 37.3 Å². The number of hydrogen-bond donors (Lipinski definition) is 2. The summed E-state index contributed by atoms with van der Waals surface area (Å²) in [6, 6.07) is 19.6. The summed E-state index contributed by atoms with van der Waals surface area (Å²) < 4.78 is 17.5. The molecule has 3 atom stereocenters. The summed E-state index contributed by atoms with van der Waals surface area (Å²) in [6.07, 6.45) is 0. The summed E-state index contributed by atoms with van der Waals surface area (Å²) >= 11 is 12.1. The molecule has 3 aromatic carbocycles. The van der Waals surface area contributed by atoms with Crippen LogP contribution in [0.1, 0.15) is 18.5 Å². The molecule has 0 spiro atoms. The number of halogens is 1. The molecule has 2 bridgehead atoms. The third-order valence-corrected chi connectivity index (χ3v) is 6.95. The van der Waals surface area contributed by atoms with E-state index in [0.717, 1.165) is 5.56 Å². The van der Waals surface area contributed by atoms with E-state index in [9.17, 15) is 4.79 Å². The first-order chi connectivity index (χ1) is 16.9. The van der Waals surface area contributed by atoms with Crippen LogP contribution >= 0.6 is 23.8 Å². The van der Waals surface area contributed by atoms with Crippen molar-refractivity contribution in [3.63, 3.8) is 0 Å². The minimum absolute atomic E-state index is 0.224. The zero-order chi connectivity index (χ0) is 24.7. The average molecular weight is 510 g/mol. The second-order valence-electron chi connectivity index (χ2n) is 8.47. The number of hydrogen-bond acceptors (Lipinski definition) is 5. The summed E-state index contributed by atoms with van der Waals surface area (Å²) in [7, 11) is 3.19. The molecule has 35 heavy (non-hydrogen) atoms. The Morgan fingerprint density at radius 3 is 2.54 bits per heavy atom. The number of anilines is 2. The quantitative estimate of drug-likeness (QED) is 0.460. The molecule has 0 radical (unpaired) electrons. The number of carbonyl (C=O) groups excluding carboxylic acids is 1. The van der Waals surface area contributed by atoms with E-state index in [0.29, 0.717) is 38.8 Å². The van der Waals surface area contributed by atoms with Gasteiger partial charge in [0.15, 0.2) is 22.3 Å². The third kappa shape index (κ3) is 3.92. The van der Waals surface area contributed by atoms with Crippen molar-refractivity contribution in [2.75, 3.05) is 24.4 Å². The molecule has 2 N–H and O–H groups in total. The zero-order valence-corrected chi connectivity index (χ0v) is 20.9. The van der Waals surface area contributed by atoms with E-state index in [-0.39, 0.29) is 5.91 Å². The summed E-state index contributed by atoms with van der Waals surface area (Å²) in [5.74, 6) is 0.937. The number of benzene rings is 3. The number of nitrogens with one attached hydrogen (secondary N) is 2. The minimum atomic E-state index is -1.18. The Morgan fingerprint density at radius 1 is 1.11 bits per heavy atom. The van der Waals surface area contributed by atoms with Gasteiger partial charge in [-0.2, -0.15) is 0 Å². The van der Waals surface area contributed by atoms with Gasteiger partial charge in [-0.25, -0.2) is 0 Å². The van der Waals surface area contributed by atoms with Gasteiger partial charge < -0.3 is 24.8 Å². The Morgan fingerprint density at radius 2 is 1.86 bits per heavy atom. The molecule has 0 aliphatic carbocycles. The summed E-state index contributed by atoms with van der Waals surface area (Å²) in [4.78, 5) is 15.7. The zero-order valence-electron chi connectivity index (χ0n) is 19.4. The molecule has 2 aliphatic rings. The molecule has 9 heteroatoms. The predicted molar refractivity (Wildman–Crippen MR) is 140 cm³/mol. The highest BCUT2D eigenvalue weighted by Gasteiger charge is 2.59. The maximum Gasteiger partial charge on any atom is 0.236 e. The first kappa shape index (κ1) is 23.3. The lowest BCUT2D eigenvalue weighted by atomic mass is 9.78. The van der Waals surface area contributed by atoms with Crippen molar-refractivity contribution in [3.05, 3.63) is 77.3 Å². The van der Waals surface area contributed by atoms with Crippen molar-refractivity contribution in [3.8, 4) is 17.2 Å². The molecule has 0 unspecified atom stereocenters. The molecule has 3 aromatic rings. The first-order valence-electron chi connectivity index (χ1n) is 11.0. The van der Waals surface area contributed by atoms with Gasteiger partial charge in [-0.05, 0) is 67.7 Å². The maximum atomic E-state index is 13.9. The van der Waals surface area contributed by atoms with Crippen LogP contribution in [-0.4, -0.2) is 31.0 Å². The Balaban J connectivity index is 1.62. The minimum Gasteiger partial charge on any atom is -0.497 e. The number of amides is 1. The standard InChI is InChI=1S/C26H24ClN3O4S/c1-26-21(24(31)28-16-10-12-18(32-2)13-11-16)22(19-8-5-9-20(33-3)23(19)34-26)29-25(35)30(26)17-7-4-6-15(27)14-17/h4-14,21-22H,1-3H3,(H,28,31)(H,29,35)/t21-,22-,26+/m1/s1. The number of methoxy groups -OCH3 is 2. The van der Waals surface area contributed by atoms with Crippen molar-refractivity contribution < 1.29 is 19.0 Å². The van der Waals surface area contributed by atoms with Gasteiger partial charge in [0.2, 0.25) is 5.91 Å². The normalized spacial score (nSPS) is 22.4. The molecular formula is C26H24ClN3O4S. The van der Waals surface area contributed by atoms with Gasteiger partial charge in [-0.3, -0.25) is 9.69 Å². The van der Waals surface area contributed by atoms with Crippen LogP contribution in [0, 0.1) is 5.92 Å². The third-order valence-electron chi connectivity index (χ3n) is 6.42. The van der Waals surface area contributed by atoms with Crippen molar-refractivity contribution in [1.29, 1.82) is 0 Å². The molecule has 2 aliphatic heterocycles. The monoisotopic (exact) mass is 509 g/mol. The number of nitrogens with zero attached hydrogens (tertiary/aromatic N) is 1. The highest BCUT2D eigenvalue weighted by atomic mass is 35.5. The summed E-state index contributed by atoms with van der Waals surface area (Å²) in [5, 5.41) is 7.39. The molecule has 2 heterocycles. The predicted octanol–water partition coefficient (Wildman–Crippen LogP) is 5.16. The van der Waals surface area contributed by atoms with Crippen LogP contribution in [0.15, 0.2) is 66.7 Å². The maximum absolute atomic E-state index is 13.9. The topological polar surface area (TPSA) is 72.1 Å². The number of fused-ring (bicyclic) bond motifs is 4. The van der Waals surface area contributed by atoms with E-state index in [4.69, 9.17) is 38.0 Å². The van der Waals surface area contributed by atoms with E-state index >= 15 is 0 Å². The van der Waals surface area contributed by atoms with Gasteiger partial charge in [-0.1, -0.05) is 29.8 Å². The molecule has 7 nitrogen and oxygen atoms in total. The smallest absolute Gasteiger partial charge is 0.236 e. The average Bonchev–Trinajstić information content (AvgIpc) is 2.83. The lowest BCUT2D eigenvalue weighted by Gasteiger charge is -2.56. The lowest BCUT2D eigenvalue weighted by Crippen LogP contribution is -2.72. The number of rotatable bonds is 5. The van der Waals surface area contributed by atoms with Crippen LogP contribution in [0.4, 0.5) is 11.4 Å². The van der Waals surface area contributed by atoms with E-state index in [1.165, 1.54) is 0 Å².